The first-order valence-corrected chi connectivity index (χ1v) is 7.39. The highest BCUT2D eigenvalue weighted by molar-refractivity contribution is 6.30. The Morgan fingerprint density at radius 1 is 1.13 bits per heavy atom. The van der Waals surface area contributed by atoms with E-state index < -0.39 is 66.6 Å². The molecular formula is C19H20ClN3. The van der Waals surface area contributed by atoms with Gasteiger partial charge in [0.05, 0.1) is 28.5 Å². The van der Waals surface area contributed by atoms with E-state index in [-0.39, 0.29) is 23.9 Å². The van der Waals surface area contributed by atoms with Gasteiger partial charge < -0.3 is 4.57 Å². The summed E-state index contributed by atoms with van der Waals surface area (Å²) in [6.45, 7) is -10.8. The summed E-state index contributed by atoms with van der Waals surface area (Å²) in [6, 6.07) is 3.10. The Labute approximate surface area is 158 Å². The first-order chi connectivity index (χ1) is 16.0. The molecule has 3 nitrogen and oxygen atoms in total. The average Bonchev–Trinajstić information content (AvgIpc) is 3.26. The molecule has 0 radical (unpaired) electrons. The number of halogens is 1. The molecule has 1 aliphatic heterocycles. The van der Waals surface area contributed by atoms with Gasteiger partial charge in [-0.1, -0.05) is 35.8 Å². The van der Waals surface area contributed by atoms with Crippen molar-refractivity contribution >= 4 is 22.6 Å². The summed E-state index contributed by atoms with van der Waals surface area (Å²) in [7, 11) is 0. The van der Waals surface area contributed by atoms with Gasteiger partial charge in [0.15, 0.2) is 0 Å². The number of hydrogen-bond donors (Lipinski definition) is 0. The topological polar surface area (TPSA) is 21.1 Å². The maximum Gasteiger partial charge on any atom is 0.124 e. The Bertz CT molecular complexity index is 1290. The molecule has 0 amide bonds. The summed E-state index contributed by atoms with van der Waals surface area (Å²) in [6.07, 6.45) is -0.607. The monoisotopic (exact) mass is 337 g/mol. The molecule has 1 aliphatic rings. The molecule has 1 aromatic heterocycles. The molecule has 0 saturated carbocycles. The van der Waals surface area contributed by atoms with Crippen molar-refractivity contribution in [1.82, 2.24) is 14.5 Å². The van der Waals surface area contributed by atoms with Crippen LogP contribution < -0.4 is 0 Å². The molecule has 118 valence electrons. The molecule has 0 spiro atoms. The van der Waals surface area contributed by atoms with Gasteiger partial charge >= 0.3 is 0 Å². The Morgan fingerprint density at radius 3 is 2.65 bits per heavy atom. The number of aromatic nitrogens is 2. The lowest BCUT2D eigenvalue weighted by molar-refractivity contribution is 0.318. The number of fused-ring (bicyclic) bond motifs is 1. The van der Waals surface area contributed by atoms with Crippen molar-refractivity contribution in [1.29, 1.82) is 0 Å². The minimum Gasteiger partial charge on any atom is -0.322 e. The Morgan fingerprint density at radius 2 is 1.87 bits per heavy atom. The molecule has 4 heteroatoms. The van der Waals surface area contributed by atoms with Gasteiger partial charge in [0.2, 0.25) is 0 Å². The molecule has 1 saturated heterocycles. The van der Waals surface area contributed by atoms with Crippen LogP contribution in [0.3, 0.4) is 0 Å². The summed E-state index contributed by atoms with van der Waals surface area (Å²) >= 11 is 5.88. The highest BCUT2D eigenvalue weighted by Crippen LogP contribution is 2.21. The van der Waals surface area contributed by atoms with E-state index in [1.54, 1.807) is 6.07 Å². The van der Waals surface area contributed by atoms with Crippen LogP contribution in [0.1, 0.15) is 40.7 Å². The number of rotatable bonds is 4. The van der Waals surface area contributed by atoms with Crippen molar-refractivity contribution in [3.05, 3.63) is 64.8 Å². The normalized spacial score (nSPS) is 28.7. The summed E-state index contributed by atoms with van der Waals surface area (Å²) in [5, 5.41) is -0.496. The first-order valence-electron chi connectivity index (χ1n) is 13.0. The largest absolute Gasteiger partial charge is 0.322 e. The average molecular weight is 338 g/mol. The van der Waals surface area contributed by atoms with Crippen LogP contribution in [0.5, 0.6) is 0 Å². The standard InChI is InChI=1S/C19H20ClN3/c20-16-9-7-15(8-10-16)13-23-18-6-2-1-5-17(18)21-19(23)14-22-11-3-4-12-22/h1-2,5-10H,3-4,11-14H2/i7D,8D,9D,10D,11D2,12D2,13D2,14D2. The fraction of sp³-hybridized carbons (Fsp3) is 0.316. The van der Waals surface area contributed by atoms with Gasteiger partial charge in [-0.05, 0) is 55.6 Å². The van der Waals surface area contributed by atoms with E-state index in [9.17, 15) is 0 Å². The lowest BCUT2D eigenvalue weighted by Crippen LogP contribution is -2.21. The van der Waals surface area contributed by atoms with E-state index in [0.717, 1.165) is 4.57 Å². The van der Waals surface area contributed by atoms with Crippen LogP contribution >= 0.6 is 11.6 Å². The molecule has 23 heavy (non-hydrogen) atoms. The molecule has 3 aromatic rings. The van der Waals surface area contributed by atoms with Crippen molar-refractivity contribution in [2.75, 3.05) is 13.0 Å². The number of likely N-dealkylation sites (tertiary alicyclic amines) is 1. The maximum atomic E-state index is 8.91. The molecule has 0 bridgehead atoms. The molecule has 0 N–H and O–H groups in total. The molecule has 2 aromatic carbocycles. The van der Waals surface area contributed by atoms with E-state index in [4.69, 9.17) is 28.1 Å². The lowest BCUT2D eigenvalue weighted by atomic mass is 10.2. The SMILES string of the molecule is [2H]c1c([2H])c(C([2H])([2H])n2c(C([2H])([2H])N3C([2H])([2H])CCC3([2H])[2H])nc3ccccc32)c([2H])c([2H])c1Cl. The van der Waals surface area contributed by atoms with Crippen LogP contribution in [-0.2, 0) is 13.0 Å². The first kappa shape index (κ1) is 6.58. The summed E-state index contributed by atoms with van der Waals surface area (Å²) in [5.74, 6) is -0.690. The Hall–Kier alpha value is -1.84. The van der Waals surface area contributed by atoms with Crippen LogP contribution in [0.4, 0.5) is 0 Å². The molecule has 4 rings (SSSR count). The third-order valence-corrected chi connectivity index (χ3v) is 3.44. The zero-order chi connectivity index (χ0) is 26.3. The number of para-hydroxylation sites is 2. The van der Waals surface area contributed by atoms with Crippen molar-refractivity contribution in [2.45, 2.75) is 25.8 Å². The molecule has 1 fully saturated rings. The predicted octanol–water partition coefficient (Wildman–Crippen LogP) is 4.33. The highest BCUT2D eigenvalue weighted by atomic mass is 35.5. The van der Waals surface area contributed by atoms with Gasteiger partial charge in [0, 0.05) is 17.0 Å². The second-order valence-corrected chi connectivity index (χ2v) is 5.20. The van der Waals surface area contributed by atoms with Crippen LogP contribution in [0.25, 0.3) is 11.0 Å². The molecule has 0 atom stereocenters. The summed E-state index contributed by atoms with van der Waals surface area (Å²) in [4.78, 5) is 4.59. The Balaban J connectivity index is 2.08. The third-order valence-electron chi connectivity index (χ3n) is 3.26. The highest BCUT2D eigenvalue weighted by Gasteiger charge is 2.17. The number of benzene rings is 2. The van der Waals surface area contributed by atoms with Crippen LogP contribution in [0.2, 0.25) is 5.02 Å². The summed E-state index contributed by atoms with van der Waals surface area (Å²) in [5.41, 5.74) is -0.576. The molecule has 0 unspecified atom stereocenters. The van der Waals surface area contributed by atoms with Crippen LogP contribution in [-0.4, -0.2) is 27.4 Å². The van der Waals surface area contributed by atoms with Gasteiger partial charge in [-0.3, -0.25) is 4.90 Å². The predicted molar refractivity (Wildman–Crippen MR) is 94.8 cm³/mol. The number of imidazole rings is 1. The van der Waals surface area contributed by atoms with Crippen molar-refractivity contribution in [2.24, 2.45) is 0 Å². The quantitative estimate of drug-likeness (QED) is 0.706. The van der Waals surface area contributed by atoms with Gasteiger partial charge in [0.1, 0.15) is 5.82 Å². The molecule has 0 aliphatic carbocycles. The van der Waals surface area contributed by atoms with Gasteiger partial charge in [-0.25, -0.2) is 4.98 Å². The van der Waals surface area contributed by atoms with Crippen molar-refractivity contribution in [3.8, 4) is 0 Å². The van der Waals surface area contributed by atoms with E-state index in [2.05, 4.69) is 4.98 Å². The molecular weight excluding hydrogens is 306 g/mol. The fourth-order valence-corrected chi connectivity index (χ4v) is 2.34. The van der Waals surface area contributed by atoms with Crippen molar-refractivity contribution in [3.63, 3.8) is 0 Å². The summed E-state index contributed by atoms with van der Waals surface area (Å²) < 4.78 is 102. The second kappa shape index (κ2) is 6.34. The number of nitrogens with zero attached hydrogens (tertiary/aromatic N) is 3. The maximum absolute atomic E-state index is 8.91. The van der Waals surface area contributed by atoms with Gasteiger partial charge in [-0.2, -0.15) is 0 Å². The van der Waals surface area contributed by atoms with E-state index >= 15 is 0 Å². The van der Waals surface area contributed by atoms with Gasteiger partial charge in [0.25, 0.3) is 0 Å². The smallest absolute Gasteiger partial charge is 0.124 e. The van der Waals surface area contributed by atoms with E-state index in [1.165, 1.54) is 18.2 Å². The van der Waals surface area contributed by atoms with Crippen LogP contribution in [0, 0.1) is 0 Å². The fourth-order valence-electron chi connectivity index (χ4n) is 2.25. The van der Waals surface area contributed by atoms with Gasteiger partial charge in [-0.15, -0.1) is 0 Å². The third kappa shape index (κ3) is 3.12. The zero-order valence-electron chi connectivity index (χ0n) is 23.9. The van der Waals surface area contributed by atoms with Crippen molar-refractivity contribution < 1.29 is 16.4 Å². The lowest BCUT2D eigenvalue weighted by Gasteiger charge is -2.16. The van der Waals surface area contributed by atoms with E-state index in [1.807, 2.05) is 0 Å². The minimum atomic E-state index is -2.99. The van der Waals surface area contributed by atoms with Crippen LogP contribution in [0.15, 0.2) is 48.4 Å². The van der Waals surface area contributed by atoms with E-state index in [0.29, 0.717) is 4.90 Å². The minimum absolute atomic E-state index is 0.0310. The number of hydrogen-bond acceptors (Lipinski definition) is 2. The Kier molecular flexibility index (Phi) is 1.81. The molecule has 2 heterocycles. The second-order valence-electron chi connectivity index (χ2n) is 4.82. The zero-order valence-corrected chi connectivity index (χ0v) is 12.7.